The number of halogens is 2. The van der Waals surface area contributed by atoms with E-state index in [1.807, 2.05) is 0 Å². The Kier molecular flexibility index (Phi) is 3.10. The zero-order chi connectivity index (χ0) is 12.4. The molecule has 17 heavy (non-hydrogen) atoms. The lowest BCUT2D eigenvalue weighted by molar-refractivity contribution is 0.517. The maximum Gasteiger partial charge on any atom is 0.169 e. The molecule has 0 fully saturated rings. The SMILES string of the molecule is Nc1cc(N)c(NCc2ccco2)c(F)c1Cl. The van der Waals surface area contributed by atoms with Gasteiger partial charge in [-0.05, 0) is 18.2 Å². The van der Waals surface area contributed by atoms with Crippen molar-refractivity contribution in [2.24, 2.45) is 0 Å². The molecule has 0 atom stereocenters. The van der Waals surface area contributed by atoms with Gasteiger partial charge in [0.1, 0.15) is 10.8 Å². The lowest BCUT2D eigenvalue weighted by atomic mass is 10.2. The van der Waals surface area contributed by atoms with Crippen LogP contribution in [0.3, 0.4) is 0 Å². The number of hydrogen-bond donors (Lipinski definition) is 3. The van der Waals surface area contributed by atoms with Gasteiger partial charge in [0.15, 0.2) is 5.82 Å². The van der Waals surface area contributed by atoms with Crippen molar-refractivity contribution in [3.8, 4) is 0 Å². The van der Waals surface area contributed by atoms with E-state index in [9.17, 15) is 4.39 Å². The lowest BCUT2D eigenvalue weighted by Gasteiger charge is -2.11. The molecule has 0 unspecified atom stereocenters. The number of rotatable bonds is 3. The Morgan fingerprint density at radius 1 is 1.35 bits per heavy atom. The molecule has 4 nitrogen and oxygen atoms in total. The number of hydrogen-bond acceptors (Lipinski definition) is 4. The second kappa shape index (κ2) is 4.55. The highest BCUT2D eigenvalue weighted by molar-refractivity contribution is 6.33. The van der Waals surface area contributed by atoms with E-state index < -0.39 is 5.82 Å². The van der Waals surface area contributed by atoms with Crippen LogP contribution in [0, 0.1) is 5.82 Å². The van der Waals surface area contributed by atoms with Gasteiger partial charge in [-0.2, -0.15) is 0 Å². The standard InChI is InChI=1S/C11H11ClFN3O/c12-9-7(14)4-8(15)11(10(9)13)16-5-6-2-1-3-17-6/h1-4,16H,5,14-15H2. The first kappa shape index (κ1) is 11.6. The van der Waals surface area contributed by atoms with E-state index in [0.29, 0.717) is 12.3 Å². The molecule has 0 bridgehead atoms. The molecule has 0 spiro atoms. The average Bonchev–Trinajstić information content (AvgIpc) is 2.79. The monoisotopic (exact) mass is 255 g/mol. The molecule has 5 N–H and O–H groups in total. The molecular weight excluding hydrogens is 245 g/mol. The van der Waals surface area contributed by atoms with E-state index in [4.69, 9.17) is 27.5 Å². The third-order valence-electron chi connectivity index (χ3n) is 2.28. The summed E-state index contributed by atoms with van der Waals surface area (Å²) < 4.78 is 18.9. The predicted octanol–water partition coefficient (Wildman–Crippen LogP) is 2.85. The van der Waals surface area contributed by atoms with Crippen molar-refractivity contribution in [2.45, 2.75) is 6.54 Å². The van der Waals surface area contributed by atoms with Gasteiger partial charge >= 0.3 is 0 Å². The highest BCUT2D eigenvalue weighted by atomic mass is 35.5. The minimum atomic E-state index is -0.657. The topological polar surface area (TPSA) is 77.2 Å². The number of nitrogen functional groups attached to an aromatic ring is 2. The van der Waals surface area contributed by atoms with Crippen LogP contribution in [0.25, 0.3) is 0 Å². The first-order valence-electron chi connectivity index (χ1n) is 4.88. The van der Waals surface area contributed by atoms with Crippen molar-refractivity contribution < 1.29 is 8.81 Å². The van der Waals surface area contributed by atoms with Gasteiger partial charge in [-0.3, -0.25) is 0 Å². The summed E-state index contributed by atoms with van der Waals surface area (Å²) >= 11 is 5.70. The zero-order valence-electron chi connectivity index (χ0n) is 8.84. The molecule has 0 aliphatic carbocycles. The molecule has 1 heterocycles. The molecule has 6 heteroatoms. The van der Waals surface area contributed by atoms with Gasteiger partial charge in [-0.1, -0.05) is 11.6 Å². The molecule has 2 rings (SSSR count). The second-order valence-electron chi connectivity index (χ2n) is 3.49. The summed E-state index contributed by atoms with van der Waals surface area (Å²) in [5.74, 6) is 0.00692. The van der Waals surface area contributed by atoms with Crippen molar-refractivity contribution in [1.82, 2.24) is 0 Å². The summed E-state index contributed by atoms with van der Waals surface area (Å²) in [6.45, 7) is 0.314. The lowest BCUT2D eigenvalue weighted by Crippen LogP contribution is -2.06. The fraction of sp³-hybridized carbons (Fsp3) is 0.0909. The van der Waals surface area contributed by atoms with Crippen molar-refractivity contribution >= 4 is 28.7 Å². The maximum absolute atomic E-state index is 13.8. The highest BCUT2D eigenvalue weighted by Crippen LogP contribution is 2.33. The highest BCUT2D eigenvalue weighted by Gasteiger charge is 2.14. The van der Waals surface area contributed by atoms with Crippen LogP contribution in [0.15, 0.2) is 28.9 Å². The molecule has 0 amide bonds. The number of benzene rings is 1. The number of nitrogens with two attached hydrogens (primary N) is 2. The smallest absolute Gasteiger partial charge is 0.169 e. The number of nitrogens with one attached hydrogen (secondary N) is 1. The Balaban J connectivity index is 2.24. The zero-order valence-corrected chi connectivity index (χ0v) is 9.59. The van der Waals surface area contributed by atoms with Gasteiger partial charge < -0.3 is 21.2 Å². The number of anilines is 3. The number of furan rings is 1. The van der Waals surface area contributed by atoms with Crippen LogP contribution >= 0.6 is 11.6 Å². The quantitative estimate of drug-likeness (QED) is 0.737. The molecule has 0 aliphatic heterocycles. The summed E-state index contributed by atoms with van der Waals surface area (Å²) in [6.07, 6.45) is 1.53. The first-order valence-corrected chi connectivity index (χ1v) is 5.26. The molecule has 2 aromatic rings. The summed E-state index contributed by atoms with van der Waals surface area (Å²) in [7, 11) is 0. The second-order valence-corrected chi connectivity index (χ2v) is 3.87. The van der Waals surface area contributed by atoms with Crippen molar-refractivity contribution in [3.05, 3.63) is 41.1 Å². The van der Waals surface area contributed by atoms with Gasteiger partial charge in [0.2, 0.25) is 0 Å². The maximum atomic E-state index is 13.8. The Morgan fingerprint density at radius 3 is 2.76 bits per heavy atom. The fourth-order valence-electron chi connectivity index (χ4n) is 1.43. The van der Waals surface area contributed by atoms with E-state index in [1.165, 1.54) is 12.3 Å². The van der Waals surface area contributed by atoms with Crippen LogP contribution in [-0.2, 0) is 6.54 Å². The van der Waals surface area contributed by atoms with Crippen molar-refractivity contribution in [2.75, 3.05) is 16.8 Å². The average molecular weight is 256 g/mol. The van der Waals surface area contributed by atoms with Crippen LogP contribution in [0.4, 0.5) is 21.5 Å². The molecular formula is C11H11ClFN3O. The summed E-state index contributed by atoms with van der Waals surface area (Å²) in [5.41, 5.74) is 11.6. The van der Waals surface area contributed by atoms with Crippen molar-refractivity contribution in [1.29, 1.82) is 0 Å². The largest absolute Gasteiger partial charge is 0.467 e. The van der Waals surface area contributed by atoms with Gasteiger partial charge in [0.05, 0.1) is 29.9 Å². The molecule has 0 aliphatic rings. The third-order valence-corrected chi connectivity index (χ3v) is 2.67. The van der Waals surface area contributed by atoms with Crippen LogP contribution in [-0.4, -0.2) is 0 Å². The molecule has 90 valence electrons. The normalized spacial score (nSPS) is 10.5. The van der Waals surface area contributed by atoms with Gasteiger partial charge in [-0.25, -0.2) is 4.39 Å². The first-order chi connectivity index (χ1) is 8.09. The molecule has 0 saturated carbocycles. The minimum Gasteiger partial charge on any atom is -0.467 e. The Morgan fingerprint density at radius 2 is 2.12 bits per heavy atom. The molecule has 0 saturated heterocycles. The van der Waals surface area contributed by atoms with Gasteiger partial charge in [0, 0.05) is 0 Å². The van der Waals surface area contributed by atoms with Crippen molar-refractivity contribution in [3.63, 3.8) is 0 Å². The van der Waals surface area contributed by atoms with E-state index in [2.05, 4.69) is 5.32 Å². The fourth-order valence-corrected chi connectivity index (χ4v) is 1.58. The van der Waals surface area contributed by atoms with Crippen LogP contribution < -0.4 is 16.8 Å². The molecule has 1 aromatic heterocycles. The van der Waals surface area contributed by atoms with Gasteiger partial charge in [-0.15, -0.1) is 0 Å². The van der Waals surface area contributed by atoms with E-state index >= 15 is 0 Å². The summed E-state index contributed by atoms with van der Waals surface area (Å²) in [6, 6.07) is 4.92. The van der Waals surface area contributed by atoms with Crippen LogP contribution in [0.1, 0.15) is 5.76 Å². The predicted molar refractivity (Wildman–Crippen MR) is 66.3 cm³/mol. The summed E-state index contributed by atoms with van der Waals surface area (Å²) in [5, 5.41) is 2.68. The molecule has 1 aromatic carbocycles. The van der Waals surface area contributed by atoms with E-state index in [-0.39, 0.29) is 22.1 Å². The van der Waals surface area contributed by atoms with Crippen LogP contribution in [0.2, 0.25) is 5.02 Å². The van der Waals surface area contributed by atoms with Gasteiger partial charge in [0.25, 0.3) is 0 Å². The van der Waals surface area contributed by atoms with E-state index in [1.54, 1.807) is 12.1 Å². The Hall–Kier alpha value is -1.88. The Bertz CT molecular complexity index is 528. The third kappa shape index (κ3) is 2.29. The van der Waals surface area contributed by atoms with E-state index in [0.717, 1.165) is 0 Å². The Labute approximate surface area is 102 Å². The van der Waals surface area contributed by atoms with Crippen LogP contribution in [0.5, 0.6) is 0 Å². The molecule has 0 radical (unpaired) electrons. The summed E-state index contributed by atoms with van der Waals surface area (Å²) in [4.78, 5) is 0. The minimum absolute atomic E-state index is 0.116.